The number of aliphatic hydroxyl groups is 2. The van der Waals surface area contributed by atoms with Crippen molar-refractivity contribution in [3.63, 3.8) is 0 Å². The van der Waals surface area contributed by atoms with Gasteiger partial charge in [-0.1, -0.05) is 23.5 Å². The summed E-state index contributed by atoms with van der Waals surface area (Å²) in [6.45, 7) is 2.79. The van der Waals surface area contributed by atoms with E-state index in [1.807, 2.05) is 0 Å². The van der Waals surface area contributed by atoms with Crippen LogP contribution in [0.1, 0.15) is 13.8 Å². The number of carbonyl (C=O) groups excluding carboxylic acids is 2. The Balaban J connectivity index is 3.69. The molecule has 0 amide bonds. The van der Waals surface area contributed by atoms with Gasteiger partial charge in [0.25, 0.3) is 0 Å². The highest BCUT2D eigenvalue weighted by molar-refractivity contribution is 8.13. The van der Waals surface area contributed by atoms with Crippen molar-refractivity contribution in [1.82, 2.24) is 0 Å². The van der Waals surface area contributed by atoms with Gasteiger partial charge in [0.2, 0.25) is 0 Å². The Morgan fingerprint density at radius 1 is 1.00 bits per heavy atom. The Bertz CT molecular complexity index is 186. The predicted octanol–water partition coefficient (Wildman–Crippen LogP) is 0.268. The van der Waals surface area contributed by atoms with Crippen LogP contribution in [0.5, 0.6) is 0 Å². The van der Waals surface area contributed by atoms with Crippen LogP contribution < -0.4 is 0 Å². The number of thioether (sulfide) groups is 2. The summed E-state index contributed by atoms with van der Waals surface area (Å²) in [6, 6.07) is 0. The SMILES string of the molecule is CC(=O)SC[C@@H](O)[C@@H](O)CSC(C)=O. The van der Waals surface area contributed by atoms with Crippen molar-refractivity contribution < 1.29 is 19.8 Å². The summed E-state index contributed by atoms with van der Waals surface area (Å²) in [5, 5.41) is 18.5. The van der Waals surface area contributed by atoms with E-state index in [0.29, 0.717) is 0 Å². The average Bonchev–Trinajstić information content (AvgIpc) is 2.09. The van der Waals surface area contributed by atoms with Crippen LogP contribution in [0, 0.1) is 0 Å². The lowest BCUT2D eigenvalue weighted by Crippen LogP contribution is -2.30. The predicted molar refractivity (Wildman–Crippen MR) is 58.3 cm³/mol. The van der Waals surface area contributed by atoms with Gasteiger partial charge in [0.05, 0.1) is 12.2 Å². The van der Waals surface area contributed by atoms with Crippen LogP contribution in [0.15, 0.2) is 0 Å². The monoisotopic (exact) mass is 238 g/mol. The Hall–Kier alpha value is -0.0400. The standard InChI is InChI=1S/C8H14O4S2/c1-5(9)13-3-7(11)8(12)4-14-6(2)10/h7-8,11-12H,3-4H2,1-2H3/t7-,8+. The van der Waals surface area contributed by atoms with Crippen LogP contribution in [0.2, 0.25) is 0 Å². The molecule has 14 heavy (non-hydrogen) atoms. The normalized spacial score (nSPS) is 14.9. The molecule has 2 N–H and O–H groups in total. The second-order valence-corrected chi connectivity index (χ2v) is 5.13. The van der Waals surface area contributed by atoms with Crippen molar-refractivity contribution >= 4 is 33.8 Å². The first-order valence-electron chi connectivity index (χ1n) is 4.06. The molecule has 0 spiro atoms. The fourth-order valence-corrected chi connectivity index (χ4v) is 1.88. The summed E-state index contributed by atoms with van der Waals surface area (Å²) in [5.41, 5.74) is 0. The molecular formula is C8H14O4S2. The Labute approximate surface area is 91.5 Å². The molecule has 0 bridgehead atoms. The first-order valence-corrected chi connectivity index (χ1v) is 6.03. The Kier molecular flexibility index (Phi) is 7.26. The second kappa shape index (κ2) is 7.28. The van der Waals surface area contributed by atoms with Crippen LogP contribution in [0.25, 0.3) is 0 Å². The first kappa shape index (κ1) is 14.0. The Morgan fingerprint density at radius 2 is 1.29 bits per heavy atom. The molecule has 6 heteroatoms. The molecule has 0 aromatic heterocycles. The maximum atomic E-state index is 10.5. The molecule has 4 nitrogen and oxygen atoms in total. The maximum Gasteiger partial charge on any atom is 0.185 e. The number of rotatable bonds is 5. The molecule has 0 aliphatic carbocycles. The summed E-state index contributed by atoms with van der Waals surface area (Å²) < 4.78 is 0. The molecule has 0 aliphatic heterocycles. The average molecular weight is 238 g/mol. The van der Waals surface area contributed by atoms with Crippen molar-refractivity contribution in [3.05, 3.63) is 0 Å². The fourth-order valence-electron chi connectivity index (χ4n) is 0.628. The van der Waals surface area contributed by atoms with Crippen molar-refractivity contribution in [1.29, 1.82) is 0 Å². The molecule has 82 valence electrons. The molecule has 2 atom stereocenters. The topological polar surface area (TPSA) is 74.6 Å². The minimum atomic E-state index is -0.962. The van der Waals surface area contributed by atoms with Gasteiger partial charge in [0.1, 0.15) is 0 Å². The molecule has 0 aromatic carbocycles. The van der Waals surface area contributed by atoms with Gasteiger partial charge in [0, 0.05) is 25.4 Å². The molecule has 0 radical (unpaired) electrons. The van der Waals surface area contributed by atoms with Gasteiger partial charge in [-0.15, -0.1) is 0 Å². The quantitative estimate of drug-likeness (QED) is 0.716. The lowest BCUT2D eigenvalue weighted by atomic mass is 10.3. The minimum Gasteiger partial charge on any atom is -0.390 e. The molecule has 0 saturated heterocycles. The summed E-state index contributed by atoms with van der Waals surface area (Å²) >= 11 is 1.92. The molecule has 0 aliphatic rings. The molecule has 0 fully saturated rings. The molecule has 0 rings (SSSR count). The third-order valence-corrected chi connectivity index (χ3v) is 3.19. The van der Waals surface area contributed by atoms with E-state index >= 15 is 0 Å². The summed E-state index contributed by atoms with van der Waals surface area (Å²) in [7, 11) is 0. The summed E-state index contributed by atoms with van der Waals surface area (Å²) in [4.78, 5) is 21.1. The zero-order valence-electron chi connectivity index (χ0n) is 8.10. The van der Waals surface area contributed by atoms with E-state index in [1.165, 1.54) is 13.8 Å². The molecule has 0 saturated carbocycles. The number of hydrogen-bond donors (Lipinski definition) is 2. The lowest BCUT2D eigenvalue weighted by molar-refractivity contribution is -0.110. The minimum absolute atomic E-state index is 0.101. The largest absolute Gasteiger partial charge is 0.390 e. The third kappa shape index (κ3) is 7.37. The van der Waals surface area contributed by atoms with Crippen LogP contribution in [-0.4, -0.2) is 44.2 Å². The molecular weight excluding hydrogens is 224 g/mol. The van der Waals surface area contributed by atoms with Gasteiger partial charge in [-0.2, -0.15) is 0 Å². The third-order valence-electron chi connectivity index (χ3n) is 1.36. The second-order valence-electron chi connectivity index (χ2n) is 2.74. The van der Waals surface area contributed by atoms with Crippen LogP contribution >= 0.6 is 23.5 Å². The highest BCUT2D eigenvalue weighted by Crippen LogP contribution is 2.11. The van der Waals surface area contributed by atoms with Gasteiger partial charge in [-0.3, -0.25) is 9.59 Å². The highest BCUT2D eigenvalue weighted by Gasteiger charge is 2.17. The number of hydrogen-bond acceptors (Lipinski definition) is 6. The van der Waals surface area contributed by atoms with E-state index in [1.54, 1.807) is 0 Å². The van der Waals surface area contributed by atoms with Gasteiger partial charge in [-0.25, -0.2) is 0 Å². The first-order chi connectivity index (χ1) is 6.43. The van der Waals surface area contributed by atoms with Crippen LogP contribution in [0.4, 0.5) is 0 Å². The Morgan fingerprint density at radius 3 is 1.50 bits per heavy atom. The van der Waals surface area contributed by atoms with Crippen molar-refractivity contribution in [2.24, 2.45) is 0 Å². The molecule has 0 unspecified atom stereocenters. The van der Waals surface area contributed by atoms with Crippen molar-refractivity contribution in [3.8, 4) is 0 Å². The molecule has 0 aromatic rings. The van der Waals surface area contributed by atoms with E-state index in [-0.39, 0.29) is 21.7 Å². The summed E-state index contributed by atoms with van der Waals surface area (Å²) in [6.07, 6.45) is -1.92. The zero-order valence-corrected chi connectivity index (χ0v) is 9.73. The molecule has 0 heterocycles. The van der Waals surface area contributed by atoms with Crippen molar-refractivity contribution in [2.75, 3.05) is 11.5 Å². The summed E-state index contributed by atoms with van der Waals surface area (Å²) in [5.74, 6) is 0.323. The van der Waals surface area contributed by atoms with Gasteiger partial charge < -0.3 is 10.2 Å². The number of aliphatic hydroxyl groups excluding tert-OH is 2. The van der Waals surface area contributed by atoms with Crippen molar-refractivity contribution in [2.45, 2.75) is 26.1 Å². The van der Waals surface area contributed by atoms with Crippen LogP contribution in [0.3, 0.4) is 0 Å². The van der Waals surface area contributed by atoms with Crippen LogP contribution in [-0.2, 0) is 9.59 Å². The van der Waals surface area contributed by atoms with Gasteiger partial charge in [0.15, 0.2) is 10.2 Å². The van der Waals surface area contributed by atoms with E-state index in [0.717, 1.165) is 23.5 Å². The van der Waals surface area contributed by atoms with E-state index < -0.39 is 12.2 Å². The fraction of sp³-hybridized carbons (Fsp3) is 0.750. The maximum absolute atomic E-state index is 10.5. The smallest absolute Gasteiger partial charge is 0.185 e. The van der Waals surface area contributed by atoms with Gasteiger partial charge in [-0.05, 0) is 0 Å². The van der Waals surface area contributed by atoms with E-state index in [4.69, 9.17) is 0 Å². The zero-order chi connectivity index (χ0) is 11.1. The highest BCUT2D eigenvalue weighted by atomic mass is 32.2. The van der Waals surface area contributed by atoms with E-state index in [9.17, 15) is 19.8 Å². The van der Waals surface area contributed by atoms with Gasteiger partial charge >= 0.3 is 0 Å². The lowest BCUT2D eigenvalue weighted by Gasteiger charge is -2.15. The number of carbonyl (C=O) groups is 2. The van der Waals surface area contributed by atoms with E-state index in [2.05, 4.69) is 0 Å².